The molecule has 0 aromatic carbocycles. The predicted molar refractivity (Wildman–Crippen MR) is 89.7 cm³/mol. The van der Waals surface area contributed by atoms with Gasteiger partial charge in [-0.25, -0.2) is 0 Å². The lowest BCUT2D eigenvalue weighted by Crippen LogP contribution is -2.22. The molecule has 0 radical (unpaired) electrons. The number of nitrogens with zero attached hydrogens (tertiary/aromatic N) is 2. The molecule has 0 bridgehead atoms. The van der Waals surface area contributed by atoms with Crippen molar-refractivity contribution < 1.29 is 4.74 Å². The average molecular weight is 444 g/mol. The van der Waals surface area contributed by atoms with Gasteiger partial charge in [0, 0.05) is 12.7 Å². The Labute approximate surface area is 143 Å². The van der Waals surface area contributed by atoms with E-state index in [0.717, 1.165) is 18.8 Å². The van der Waals surface area contributed by atoms with Crippen LogP contribution in [0.2, 0.25) is 5.02 Å². The van der Waals surface area contributed by atoms with Crippen LogP contribution in [0.1, 0.15) is 17.3 Å². The third-order valence-corrected chi connectivity index (χ3v) is 5.57. The Morgan fingerprint density at radius 1 is 1.55 bits per heavy atom. The van der Waals surface area contributed by atoms with Crippen molar-refractivity contribution >= 4 is 54.8 Å². The topological polar surface area (TPSA) is 39.1 Å². The highest BCUT2D eigenvalue weighted by molar-refractivity contribution is 9.12. The molecule has 2 rings (SSSR count). The van der Waals surface area contributed by atoms with Gasteiger partial charge < -0.3 is 10.1 Å². The molecule has 0 aliphatic carbocycles. The van der Waals surface area contributed by atoms with Crippen molar-refractivity contribution in [1.29, 1.82) is 0 Å². The molecule has 2 aromatic rings. The summed E-state index contributed by atoms with van der Waals surface area (Å²) in [6.45, 7) is 1.26. The molecular formula is C12H14Br2ClN3OS. The van der Waals surface area contributed by atoms with Crippen LogP contribution < -0.4 is 5.32 Å². The van der Waals surface area contributed by atoms with Gasteiger partial charge in [-0.3, -0.25) is 4.68 Å². The average Bonchev–Trinajstić information content (AvgIpc) is 2.93. The number of rotatable bonds is 6. The molecular weight excluding hydrogens is 429 g/mol. The van der Waals surface area contributed by atoms with Gasteiger partial charge in [0.25, 0.3) is 0 Å². The van der Waals surface area contributed by atoms with Crippen molar-refractivity contribution in [3.05, 3.63) is 36.1 Å². The van der Waals surface area contributed by atoms with E-state index in [1.807, 2.05) is 11.7 Å². The smallest absolute Gasteiger partial charge is 0.0837 e. The summed E-state index contributed by atoms with van der Waals surface area (Å²) in [5, 5.41) is 8.28. The maximum Gasteiger partial charge on any atom is 0.0837 e. The Morgan fingerprint density at radius 3 is 2.85 bits per heavy atom. The fourth-order valence-corrected chi connectivity index (χ4v) is 5.16. The number of hydrogen-bond donors (Lipinski definition) is 1. The minimum absolute atomic E-state index is 0.0289. The second-order valence-electron chi connectivity index (χ2n) is 4.09. The molecule has 8 heteroatoms. The van der Waals surface area contributed by atoms with Crippen LogP contribution in [0.5, 0.6) is 0 Å². The first kappa shape index (κ1) is 16.5. The zero-order valence-electron chi connectivity index (χ0n) is 11.0. The molecule has 0 aliphatic heterocycles. The molecule has 0 fully saturated rings. The van der Waals surface area contributed by atoms with Crippen LogP contribution >= 0.6 is 54.8 Å². The van der Waals surface area contributed by atoms with Crippen LogP contribution in [-0.2, 0) is 11.3 Å². The summed E-state index contributed by atoms with van der Waals surface area (Å²) < 4.78 is 9.13. The first-order valence-electron chi connectivity index (χ1n) is 5.90. The molecule has 0 saturated carbocycles. The Balaban J connectivity index is 2.41. The fraction of sp³-hybridized carbons (Fsp3) is 0.417. The Hall–Kier alpha value is 0.0800. The van der Waals surface area contributed by atoms with Crippen LogP contribution in [-0.4, -0.2) is 30.5 Å². The van der Waals surface area contributed by atoms with Crippen LogP contribution in [0.15, 0.2) is 19.8 Å². The molecule has 110 valence electrons. The van der Waals surface area contributed by atoms with Gasteiger partial charge in [0.05, 0.1) is 43.7 Å². The van der Waals surface area contributed by atoms with Gasteiger partial charge in [-0.05, 0) is 45.0 Å². The molecule has 0 saturated heterocycles. The van der Waals surface area contributed by atoms with E-state index < -0.39 is 0 Å². The van der Waals surface area contributed by atoms with Gasteiger partial charge in [-0.1, -0.05) is 11.6 Å². The highest BCUT2D eigenvalue weighted by Crippen LogP contribution is 2.39. The van der Waals surface area contributed by atoms with E-state index in [4.69, 9.17) is 16.3 Å². The van der Waals surface area contributed by atoms with E-state index in [-0.39, 0.29) is 6.04 Å². The second-order valence-corrected chi connectivity index (χ2v) is 8.25. The number of hydrogen-bond acceptors (Lipinski definition) is 4. The number of thiophene rings is 1. The van der Waals surface area contributed by atoms with E-state index in [9.17, 15) is 0 Å². The molecule has 0 spiro atoms. The lowest BCUT2D eigenvalue weighted by atomic mass is 10.1. The van der Waals surface area contributed by atoms with E-state index in [1.54, 1.807) is 24.6 Å². The highest BCUT2D eigenvalue weighted by atomic mass is 79.9. The predicted octanol–water partition coefficient (Wildman–Crippen LogP) is 4.08. The van der Waals surface area contributed by atoms with E-state index in [0.29, 0.717) is 18.2 Å². The van der Waals surface area contributed by atoms with E-state index in [2.05, 4.69) is 48.3 Å². The molecule has 1 N–H and O–H groups in total. The summed E-state index contributed by atoms with van der Waals surface area (Å²) in [6.07, 6.45) is 1.67. The van der Waals surface area contributed by atoms with Gasteiger partial charge in [0.1, 0.15) is 0 Å². The number of methoxy groups -OCH3 is 1. The number of aromatic nitrogens is 2. The van der Waals surface area contributed by atoms with Crippen molar-refractivity contribution in [2.75, 3.05) is 20.8 Å². The van der Waals surface area contributed by atoms with Crippen LogP contribution in [0.3, 0.4) is 0 Å². The molecule has 20 heavy (non-hydrogen) atoms. The molecule has 2 aromatic heterocycles. The third-order valence-electron chi connectivity index (χ3n) is 2.90. The highest BCUT2D eigenvalue weighted by Gasteiger charge is 2.24. The summed E-state index contributed by atoms with van der Waals surface area (Å²) in [5.41, 5.74) is 2.07. The zero-order chi connectivity index (χ0) is 14.7. The molecule has 4 nitrogen and oxygen atoms in total. The van der Waals surface area contributed by atoms with Crippen LogP contribution in [0, 0.1) is 0 Å². The third kappa shape index (κ3) is 3.45. The molecule has 2 heterocycles. The number of ether oxygens (including phenoxy) is 1. The van der Waals surface area contributed by atoms with Crippen LogP contribution in [0.25, 0.3) is 0 Å². The van der Waals surface area contributed by atoms with Crippen molar-refractivity contribution in [3.63, 3.8) is 0 Å². The lowest BCUT2D eigenvalue weighted by Gasteiger charge is -2.18. The van der Waals surface area contributed by atoms with Crippen LogP contribution in [0.4, 0.5) is 0 Å². The SMILES string of the molecule is CNC(c1cc(Br)sc1Br)c1c(Cl)cnn1CCOC. The zero-order valence-corrected chi connectivity index (χ0v) is 15.7. The summed E-state index contributed by atoms with van der Waals surface area (Å²) in [6, 6.07) is 2.05. The molecule has 1 atom stereocenters. The van der Waals surface area contributed by atoms with E-state index in [1.165, 1.54) is 0 Å². The number of halogens is 3. The summed E-state index contributed by atoms with van der Waals surface area (Å²) in [4.78, 5) is 0. The van der Waals surface area contributed by atoms with Gasteiger partial charge in [0.2, 0.25) is 0 Å². The van der Waals surface area contributed by atoms with Crippen molar-refractivity contribution in [3.8, 4) is 0 Å². The second kappa shape index (κ2) is 7.38. The molecule has 1 unspecified atom stereocenters. The minimum atomic E-state index is -0.0289. The Morgan fingerprint density at radius 2 is 2.30 bits per heavy atom. The van der Waals surface area contributed by atoms with Crippen molar-refractivity contribution in [2.45, 2.75) is 12.6 Å². The standard InChI is InChI=1S/C12H14Br2ClN3OS/c1-16-10(7-5-9(13)20-12(7)14)11-8(15)6-17-18(11)3-4-19-2/h5-6,10,16H,3-4H2,1-2H3. The number of nitrogens with one attached hydrogen (secondary N) is 1. The van der Waals surface area contributed by atoms with Gasteiger partial charge in [-0.15, -0.1) is 11.3 Å². The largest absolute Gasteiger partial charge is 0.383 e. The molecule has 0 aliphatic rings. The van der Waals surface area contributed by atoms with Gasteiger partial charge in [-0.2, -0.15) is 5.10 Å². The summed E-state index contributed by atoms with van der Waals surface area (Å²) in [5.74, 6) is 0. The summed E-state index contributed by atoms with van der Waals surface area (Å²) >= 11 is 15.1. The normalized spacial score (nSPS) is 12.8. The molecule has 0 amide bonds. The lowest BCUT2D eigenvalue weighted by molar-refractivity contribution is 0.182. The summed E-state index contributed by atoms with van der Waals surface area (Å²) in [7, 11) is 3.58. The van der Waals surface area contributed by atoms with Crippen molar-refractivity contribution in [2.24, 2.45) is 0 Å². The fourth-order valence-electron chi connectivity index (χ4n) is 2.00. The maximum atomic E-state index is 6.32. The monoisotopic (exact) mass is 441 g/mol. The maximum absolute atomic E-state index is 6.32. The van der Waals surface area contributed by atoms with Crippen molar-refractivity contribution in [1.82, 2.24) is 15.1 Å². The quantitative estimate of drug-likeness (QED) is 0.731. The first-order valence-corrected chi connectivity index (χ1v) is 8.68. The van der Waals surface area contributed by atoms with Gasteiger partial charge >= 0.3 is 0 Å². The Bertz CT molecular complexity index is 587. The Kier molecular flexibility index (Phi) is 6.07. The minimum Gasteiger partial charge on any atom is -0.383 e. The van der Waals surface area contributed by atoms with Gasteiger partial charge in [0.15, 0.2) is 0 Å². The first-order chi connectivity index (χ1) is 9.58. The van der Waals surface area contributed by atoms with E-state index >= 15 is 0 Å².